The van der Waals surface area contributed by atoms with E-state index in [1.807, 2.05) is 0 Å². The van der Waals surface area contributed by atoms with E-state index in [1.165, 1.54) is 12.6 Å². The van der Waals surface area contributed by atoms with Crippen LogP contribution in [0.5, 0.6) is 0 Å². The van der Waals surface area contributed by atoms with Gasteiger partial charge in [-0.15, -0.1) is 9.98 Å². The maximum atomic E-state index is 7.57. The van der Waals surface area contributed by atoms with Crippen molar-refractivity contribution in [1.29, 1.82) is 0 Å². The summed E-state index contributed by atoms with van der Waals surface area (Å²) in [6.07, 6.45) is 0. The molecule has 0 fully saturated rings. The third-order valence-corrected chi connectivity index (χ3v) is 0.293. The topological polar surface area (TPSA) is 112 Å². The van der Waals surface area contributed by atoms with Crippen molar-refractivity contribution in [2.75, 3.05) is 0 Å². The molecule has 0 heterocycles. The van der Waals surface area contributed by atoms with Crippen LogP contribution in [0.4, 0.5) is 0 Å². The molecule has 0 saturated heterocycles. The molecule has 0 rings (SSSR count). The van der Waals surface area contributed by atoms with Gasteiger partial charge in [0.15, 0.2) is 0 Å². The molecule has 0 atom stereocenters. The molecule has 0 unspecified atom stereocenters. The van der Waals surface area contributed by atoms with Crippen LogP contribution in [0.15, 0.2) is 0 Å². The molecule has 0 aromatic rings. The molecule has 6 N–H and O–H groups in total. The molecule has 0 aliphatic rings. The summed E-state index contributed by atoms with van der Waals surface area (Å²) in [5.74, 6) is -1.43. The van der Waals surface area contributed by atoms with Gasteiger partial charge in [-0.2, -0.15) is 4.89 Å². The van der Waals surface area contributed by atoms with Gasteiger partial charge in [-0.05, 0) is 12.6 Å². The van der Waals surface area contributed by atoms with Gasteiger partial charge in [0.05, 0.1) is 0 Å². The van der Waals surface area contributed by atoms with Crippen LogP contribution in [0.25, 0.3) is 0 Å². The van der Waals surface area contributed by atoms with E-state index >= 15 is 0 Å². The van der Waals surface area contributed by atoms with Gasteiger partial charge in [-0.25, -0.2) is 5.26 Å². The van der Waals surface area contributed by atoms with E-state index in [0.29, 0.717) is 0 Å². The van der Waals surface area contributed by atoms with E-state index in [4.69, 9.17) is 16.7 Å². The second kappa shape index (κ2) is 3.69. The minimum Gasteiger partial charge on any atom is -0.289 e. The summed E-state index contributed by atoms with van der Waals surface area (Å²) in [7, 11) is 0. The Bertz CT molecular complexity index is 70.7. The highest BCUT2D eigenvalue weighted by molar-refractivity contribution is 4.47. The Morgan fingerprint density at radius 3 is 2.44 bits per heavy atom. The first-order valence-corrected chi connectivity index (χ1v) is 2.04. The van der Waals surface area contributed by atoms with Crippen LogP contribution in [0.1, 0.15) is 6.92 Å². The molecule has 0 amide bonds. The zero-order valence-electron chi connectivity index (χ0n) is 4.83. The van der Waals surface area contributed by atoms with Gasteiger partial charge in [-0.3, -0.25) is 11.5 Å². The minimum absolute atomic E-state index is 1.34. The van der Waals surface area contributed by atoms with Crippen molar-refractivity contribution in [3.05, 3.63) is 0 Å². The van der Waals surface area contributed by atoms with E-state index in [-0.39, 0.29) is 0 Å². The van der Waals surface area contributed by atoms with Crippen molar-refractivity contribution < 1.29 is 20.1 Å². The Morgan fingerprint density at radius 1 is 1.56 bits per heavy atom. The van der Waals surface area contributed by atoms with Gasteiger partial charge in [-0.1, -0.05) is 0 Å². The van der Waals surface area contributed by atoms with Crippen molar-refractivity contribution in [1.82, 2.24) is 5.64 Å². The van der Waals surface area contributed by atoms with Crippen LogP contribution < -0.4 is 17.1 Å². The molecular weight excluding hydrogens is 130 g/mol. The highest BCUT2D eigenvalue weighted by Crippen LogP contribution is 1.88. The first-order chi connectivity index (χ1) is 4.06. The maximum Gasteiger partial charge on any atom is 0.202 e. The number of hydrogen-bond donors (Lipinski definition) is 4. The minimum atomic E-state index is -1.43. The SMILES string of the molecule is CC(N)(N)OONOO. The van der Waals surface area contributed by atoms with Crippen molar-refractivity contribution in [2.45, 2.75) is 12.8 Å². The Hall–Kier alpha value is -0.280. The third-order valence-electron chi connectivity index (χ3n) is 0.293. The second-order valence-corrected chi connectivity index (χ2v) is 1.53. The number of nitrogens with one attached hydrogen (secondary N) is 1. The highest BCUT2D eigenvalue weighted by Gasteiger charge is 2.11. The molecule has 0 aliphatic carbocycles. The normalized spacial score (nSPS) is 12.0. The monoisotopic (exact) mass is 139 g/mol. The predicted molar refractivity (Wildman–Crippen MR) is 25.8 cm³/mol. The van der Waals surface area contributed by atoms with Crippen LogP contribution >= 0.6 is 0 Å². The summed E-state index contributed by atoms with van der Waals surface area (Å²) in [5.41, 5.74) is 11.5. The zero-order chi connectivity index (χ0) is 7.33. The molecular formula is C2H9N3O4. The Labute approximate surface area is 51.2 Å². The van der Waals surface area contributed by atoms with Gasteiger partial charge in [0, 0.05) is 0 Å². The Balaban J connectivity index is 3.07. The fourth-order valence-corrected chi connectivity index (χ4v) is 0.122. The Kier molecular flexibility index (Phi) is 3.58. The average Bonchev–Trinajstić information content (AvgIpc) is 1.63. The summed E-state index contributed by atoms with van der Waals surface area (Å²) in [6, 6.07) is 0. The molecule has 0 radical (unpaired) electrons. The summed E-state index contributed by atoms with van der Waals surface area (Å²) in [6.45, 7) is 1.34. The van der Waals surface area contributed by atoms with E-state index in [1.54, 1.807) is 0 Å². The first kappa shape index (κ1) is 8.72. The van der Waals surface area contributed by atoms with Gasteiger partial charge in [0.2, 0.25) is 5.85 Å². The summed E-state index contributed by atoms with van der Waals surface area (Å²) < 4.78 is 0. The molecule has 9 heavy (non-hydrogen) atoms. The van der Waals surface area contributed by atoms with Crippen molar-refractivity contribution >= 4 is 0 Å². The van der Waals surface area contributed by atoms with Crippen LogP contribution in [-0.2, 0) is 14.9 Å². The van der Waals surface area contributed by atoms with E-state index in [0.717, 1.165) is 0 Å². The molecule has 0 aromatic heterocycles. The van der Waals surface area contributed by atoms with Gasteiger partial charge in [0.25, 0.3) is 0 Å². The number of rotatable bonds is 4. The lowest BCUT2D eigenvalue weighted by molar-refractivity contribution is -0.495. The fraction of sp³-hybridized carbons (Fsp3) is 1.00. The molecule has 7 nitrogen and oxygen atoms in total. The smallest absolute Gasteiger partial charge is 0.202 e. The van der Waals surface area contributed by atoms with Crippen LogP contribution in [0.3, 0.4) is 0 Å². The van der Waals surface area contributed by atoms with Gasteiger partial charge < -0.3 is 0 Å². The molecule has 0 saturated carbocycles. The lowest BCUT2D eigenvalue weighted by Crippen LogP contribution is -2.49. The number of nitrogens with two attached hydrogens (primary N) is 2. The van der Waals surface area contributed by atoms with Crippen LogP contribution in [-0.4, -0.2) is 11.1 Å². The molecule has 7 heteroatoms. The summed E-state index contributed by atoms with van der Waals surface area (Å²) >= 11 is 0. The lowest BCUT2D eigenvalue weighted by Gasteiger charge is -2.15. The summed E-state index contributed by atoms with van der Waals surface area (Å²) in [5, 5.41) is 7.57. The zero-order valence-corrected chi connectivity index (χ0v) is 4.83. The van der Waals surface area contributed by atoms with E-state index in [2.05, 4.69) is 14.9 Å². The lowest BCUT2D eigenvalue weighted by atomic mass is 10.6. The van der Waals surface area contributed by atoms with Gasteiger partial charge in [0.1, 0.15) is 0 Å². The molecule has 0 aromatic carbocycles. The van der Waals surface area contributed by atoms with Crippen molar-refractivity contribution in [2.24, 2.45) is 11.5 Å². The van der Waals surface area contributed by atoms with Crippen LogP contribution in [0, 0.1) is 0 Å². The van der Waals surface area contributed by atoms with Gasteiger partial charge >= 0.3 is 0 Å². The molecule has 56 valence electrons. The van der Waals surface area contributed by atoms with Crippen molar-refractivity contribution in [3.8, 4) is 0 Å². The van der Waals surface area contributed by atoms with E-state index < -0.39 is 5.85 Å². The fourth-order valence-electron chi connectivity index (χ4n) is 0.122. The highest BCUT2D eigenvalue weighted by atomic mass is 17.4. The summed E-state index contributed by atoms with van der Waals surface area (Å²) in [4.78, 5) is 11.2. The predicted octanol–water partition coefficient (Wildman–Crippen LogP) is -1.57. The maximum absolute atomic E-state index is 7.57. The van der Waals surface area contributed by atoms with E-state index in [9.17, 15) is 0 Å². The molecule has 0 bridgehead atoms. The molecule has 0 aliphatic heterocycles. The second-order valence-electron chi connectivity index (χ2n) is 1.53. The number of hydrogen-bond acceptors (Lipinski definition) is 7. The van der Waals surface area contributed by atoms with Crippen molar-refractivity contribution in [3.63, 3.8) is 0 Å². The largest absolute Gasteiger partial charge is 0.289 e. The average molecular weight is 139 g/mol. The third kappa shape index (κ3) is 7.72. The molecule has 0 spiro atoms. The Morgan fingerprint density at radius 2 is 2.11 bits per heavy atom. The first-order valence-electron chi connectivity index (χ1n) is 2.04. The quantitative estimate of drug-likeness (QED) is 0.161. The standard InChI is InChI=1S/C2H9N3O4/c1-2(3,4)7-9-5-8-6/h5-6H,3-4H2,1H3. The van der Waals surface area contributed by atoms with Crippen LogP contribution in [0.2, 0.25) is 0 Å².